The van der Waals surface area contributed by atoms with Gasteiger partial charge in [-0.05, 0) is 36.4 Å². The molecule has 0 spiro atoms. The molecule has 0 saturated heterocycles. The van der Waals surface area contributed by atoms with E-state index in [2.05, 4.69) is 0 Å². The van der Waals surface area contributed by atoms with Crippen LogP contribution in [0.1, 0.15) is 17.4 Å². The van der Waals surface area contributed by atoms with Gasteiger partial charge in [-0.1, -0.05) is 6.07 Å². The highest BCUT2D eigenvalue weighted by molar-refractivity contribution is 5.78. The van der Waals surface area contributed by atoms with Crippen molar-refractivity contribution in [3.63, 3.8) is 0 Å². The number of hydrogen-bond acceptors (Lipinski definition) is 2. The molecule has 1 unspecified atom stereocenters. The number of fused-ring (bicyclic) bond motifs is 1. The minimum absolute atomic E-state index is 0.0409. The second-order valence-corrected chi connectivity index (χ2v) is 4.84. The number of halogens is 3. The maximum atomic E-state index is 13.6. The van der Waals surface area contributed by atoms with Crippen LogP contribution in [0.25, 0.3) is 11.0 Å². The molecule has 2 aromatic carbocycles. The summed E-state index contributed by atoms with van der Waals surface area (Å²) in [6.45, 7) is 0. The smallest absolute Gasteiger partial charge is 0.134 e. The van der Waals surface area contributed by atoms with Crippen LogP contribution in [0.3, 0.4) is 0 Å². The molecule has 0 aliphatic rings. The molecule has 0 saturated carbocycles. The molecule has 108 valence electrons. The molecule has 0 radical (unpaired) electrons. The van der Waals surface area contributed by atoms with E-state index in [4.69, 9.17) is 10.2 Å². The second kappa shape index (κ2) is 5.26. The highest BCUT2D eigenvalue weighted by Crippen LogP contribution is 2.26. The van der Waals surface area contributed by atoms with Crippen LogP contribution in [-0.4, -0.2) is 0 Å². The molecule has 3 aromatic rings. The third kappa shape index (κ3) is 2.64. The minimum atomic E-state index is -0.716. The van der Waals surface area contributed by atoms with Gasteiger partial charge in [0, 0.05) is 17.4 Å². The van der Waals surface area contributed by atoms with Crippen LogP contribution in [-0.2, 0) is 6.42 Å². The van der Waals surface area contributed by atoms with Crippen molar-refractivity contribution in [2.45, 2.75) is 12.5 Å². The second-order valence-electron chi connectivity index (χ2n) is 4.84. The van der Waals surface area contributed by atoms with Gasteiger partial charge in [0.2, 0.25) is 0 Å². The lowest BCUT2D eigenvalue weighted by molar-refractivity contribution is 0.476. The van der Waals surface area contributed by atoms with Gasteiger partial charge in [0.25, 0.3) is 0 Å². The summed E-state index contributed by atoms with van der Waals surface area (Å²) in [6, 6.07) is 8.61. The predicted octanol–water partition coefficient (Wildman–Crippen LogP) is 4.09. The fourth-order valence-electron chi connectivity index (χ4n) is 2.27. The van der Waals surface area contributed by atoms with Crippen molar-refractivity contribution in [1.29, 1.82) is 0 Å². The number of hydrogen-bond donors (Lipinski definition) is 1. The first kappa shape index (κ1) is 13.7. The molecule has 0 amide bonds. The van der Waals surface area contributed by atoms with Crippen LogP contribution in [0, 0.1) is 17.5 Å². The fourth-order valence-corrected chi connectivity index (χ4v) is 2.27. The lowest BCUT2D eigenvalue weighted by Gasteiger charge is -2.10. The maximum absolute atomic E-state index is 13.6. The average Bonchev–Trinajstić information content (AvgIpc) is 2.86. The summed E-state index contributed by atoms with van der Waals surface area (Å²) in [5.41, 5.74) is 6.34. The van der Waals surface area contributed by atoms with Gasteiger partial charge in [-0.2, -0.15) is 0 Å². The zero-order valence-electron chi connectivity index (χ0n) is 10.9. The summed E-state index contributed by atoms with van der Waals surface area (Å²) in [7, 11) is 0. The predicted molar refractivity (Wildman–Crippen MR) is 73.2 cm³/mol. The molecule has 0 bridgehead atoms. The topological polar surface area (TPSA) is 39.2 Å². The van der Waals surface area contributed by atoms with E-state index < -0.39 is 17.7 Å². The number of furan rings is 1. The van der Waals surface area contributed by atoms with E-state index in [0.717, 1.165) is 0 Å². The highest BCUT2D eigenvalue weighted by Gasteiger charge is 2.17. The highest BCUT2D eigenvalue weighted by atomic mass is 19.1. The molecule has 5 heteroatoms. The normalized spacial score (nSPS) is 12.8. The van der Waals surface area contributed by atoms with Crippen molar-refractivity contribution in [2.24, 2.45) is 5.73 Å². The Hall–Kier alpha value is -2.27. The van der Waals surface area contributed by atoms with E-state index >= 15 is 0 Å². The fraction of sp³-hybridized carbons (Fsp3) is 0.125. The molecular formula is C16H12F3NO. The molecule has 0 aliphatic heterocycles. The van der Waals surface area contributed by atoms with Crippen LogP contribution in [0.4, 0.5) is 13.2 Å². The van der Waals surface area contributed by atoms with Crippen molar-refractivity contribution in [3.05, 3.63) is 71.2 Å². The Morgan fingerprint density at radius 1 is 1.00 bits per heavy atom. The zero-order chi connectivity index (χ0) is 15.0. The number of nitrogens with two attached hydrogens (primary N) is 1. The molecule has 1 heterocycles. The molecule has 1 aromatic heterocycles. The van der Waals surface area contributed by atoms with Crippen LogP contribution in [0.5, 0.6) is 0 Å². The lowest BCUT2D eigenvalue weighted by Crippen LogP contribution is -2.14. The van der Waals surface area contributed by atoms with E-state index in [1.807, 2.05) is 0 Å². The van der Waals surface area contributed by atoms with Crippen LogP contribution in [0.2, 0.25) is 0 Å². The number of benzene rings is 2. The van der Waals surface area contributed by atoms with Crippen molar-refractivity contribution in [1.82, 2.24) is 0 Å². The molecule has 2 N–H and O–H groups in total. The standard InChI is InChI=1S/C16H12F3NO/c17-10-4-5-15-9(6-10)7-16(21-15)14(20)8-11-12(18)2-1-3-13(11)19/h1-7,14H,8,20H2. The first-order chi connectivity index (χ1) is 10.0. The molecule has 0 aliphatic carbocycles. The van der Waals surface area contributed by atoms with Gasteiger partial charge in [0.15, 0.2) is 0 Å². The Bertz CT molecular complexity index is 777. The summed E-state index contributed by atoms with van der Waals surface area (Å²) in [5, 5.41) is 0.564. The average molecular weight is 291 g/mol. The van der Waals surface area contributed by atoms with Crippen LogP contribution < -0.4 is 5.73 Å². The molecule has 2 nitrogen and oxygen atoms in total. The molecule has 1 atom stereocenters. The van der Waals surface area contributed by atoms with Gasteiger partial charge in [0.1, 0.15) is 28.8 Å². The Labute approximate surface area is 119 Å². The van der Waals surface area contributed by atoms with E-state index in [1.165, 1.54) is 36.4 Å². The summed E-state index contributed by atoms with van der Waals surface area (Å²) in [6.07, 6.45) is -0.0409. The van der Waals surface area contributed by atoms with E-state index in [0.29, 0.717) is 16.7 Å². The quantitative estimate of drug-likeness (QED) is 0.789. The number of rotatable bonds is 3. The summed E-state index contributed by atoms with van der Waals surface area (Å²) < 4.78 is 45.8. The summed E-state index contributed by atoms with van der Waals surface area (Å²) in [5.74, 6) is -1.32. The van der Waals surface area contributed by atoms with Gasteiger partial charge in [-0.15, -0.1) is 0 Å². The molecule has 21 heavy (non-hydrogen) atoms. The zero-order valence-corrected chi connectivity index (χ0v) is 10.9. The van der Waals surface area contributed by atoms with Gasteiger partial charge in [0.05, 0.1) is 6.04 Å². The Morgan fingerprint density at radius 3 is 2.43 bits per heavy atom. The Kier molecular flexibility index (Phi) is 3.43. The first-order valence-corrected chi connectivity index (χ1v) is 6.42. The third-order valence-corrected chi connectivity index (χ3v) is 3.35. The van der Waals surface area contributed by atoms with E-state index in [-0.39, 0.29) is 17.8 Å². The van der Waals surface area contributed by atoms with Gasteiger partial charge < -0.3 is 10.2 Å². The van der Waals surface area contributed by atoms with E-state index in [9.17, 15) is 13.2 Å². The van der Waals surface area contributed by atoms with Crippen LogP contribution in [0.15, 0.2) is 46.9 Å². The van der Waals surface area contributed by atoms with Crippen LogP contribution >= 0.6 is 0 Å². The molecule has 3 rings (SSSR count). The minimum Gasteiger partial charge on any atom is -0.459 e. The monoisotopic (exact) mass is 291 g/mol. The van der Waals surface area contributed by atoms with Gasteiger partial charge in [-0.25, -0.2) is 13.2 Å². The molecule has 0 fully saturated rings. The van der Waals surface area contributed by atoms with Gasteiger partial charge >= 0.3 is 0 Å². The largest absolute Gasteiger partial charge is 0.459 e. The van der Waals surface area contributed by atoms with Crippen molar-refractivity contribution >= 4 is 11.0 Å². The Morgan fingerprint density at radius 2 is 1.71 bits per heavy atom. The SMILES string of the molecule is NC(Cc1c(F)cccc1F)c1cc2cc(F)ccc2o1. The maximum Gasteiger partial charge on any atom is 0.134 e. The first-order valence-electron chi connectivity index (χ1n) is 6.42. The summed E-state index contributed by atoms with van der Waals surface area (Å²) >= 11 is 0. The van der Waals surface area contributed by atoms with Crippen molar-refractivity contribution in [2.75, 3.05) is 0 Å². The lowest BCUT2D eigenvalue weighted by atomic mass is 10.0. The molecular weight excluding hydrogens is 279 g/mol. The Balaban J connectivity index is 1.91. The summed E-state index contributed by atoms with van der Waals surface area (Å²) in [4.78, 5) is 0. The van der Waals surface area contributed by atoms with Crippen molar-refractivity contribution < 1.29 is 17.6 Å². The van der Waals surface area contributed by atoms with Crippen molar-refractivity contribution in [3.8, 4) is 0 Å². The third-order valence-electron chi connectivity index (χ3n) is 3.35. The van der Waals surface area contributed by atoms with E-state index in [1.54, 1.807) is 6.07 Å². The van der Waals surface area contributed by atoms with Gasteiger partial charge in [-0.3, -0.25) is 0 Å².